The lowest BCUT2D eigenvalue weighted by Gasteiger charge is -2.33. The first kappa shape index (κ1) is 17.4. The Balaban J connectivity index is 1.58. The van der Waals surface area contributed by atoms with Crippen LogP contribution >= 0.6 is 0 Å². The van der Waals surface area contributed by atoms with Gasteiger partial charge in [-0.1, -0.05) is 6.42 Å². The van der Waals surface area contributed by atoms with Gasteiger partial charge >= 0.3 is 0 Å². The molecule has 2 aliphatic heterocycles. The lowest BCUT2D eigenvalue weighted by atomic mass is 10.1. The normalized spacial score (nSPS) is 23.2. The van der Waals surface area contributed by atoms with Crippen LogP contribution in [0.25, 0.3) is 0 Å². The van der Waals surface area contributed by atoms with Gasteiger partial charge in [0.2, 0.25) is 15.9 Å². The summed E-state index contributed by atoms with van der Waals surface area (Å²) in [6.07, 6.45) is 5.78. The van der Waals surface area contributed by atoms with Gasteiger partial charge in [-0.3, -0.25) is 9.69 Å². The maximum absolute atomic E-state index is 12.2. The van der Waals surface area contributed by atoms with E-state index < -0.39 is 10.0 Å². The topological polar surface area (TPSA) is 82.9 Å². The molecule has 2 saturated heterocycles. The minimum absolute atomic E-state index is 0.000523. The quantitative estimate of drug-likeness (QED) is 0.822. The highest BCUT2D eigenvalue weighted by atomic mass is 32.2. The fraction of sp³-hybridized carbons (Fsp3) is 0.688. The molecule has 1 aromatic heterocycles. The Morgan fingerprint density at radius 1 is 1.21 bits per heavy atom. The molecule has 2 aliphatic rings. The van der Waals surface area contributed by atoms with Crippen molar-refractivity contribution in [3.05, 3.63) is 24.2 Å². The second-order valence-electron chi connectivity index (χ2n) is 6.44. The first-order chi connectivity index (χ1) is 11.6. The van der Waals surface area contributed by atoms with E-state index in [4.69, 9.17) is 4.42 Å². The Labute approximate surface area is 143 Å². The van der Waals surface area contributed by atoms with Crippen LogP contribution in [0.5, 0.6) is 0 Å². The van der Waals surface area contributed by atoms with E-state index in [1.807, 2.05) is 12.1 Å². The summed E-state index contributed by atoms with van der Waals surface area (Å²) in [4.78, 5) is 14.5. The molecule has 0 saturated carbocycles. The zero-order valence-electron chi connectivity index (χ0n) is 13.8. The Bertz CT molecular complexity index is 638. The minimum Gasteiger partial charge on any atom is -0.468 e. The van der Waals surface area contributed by atoms with Crippen LogP contribution in [0.15, 0.2) is 22.8 Å². The first-order valence-electron chi connectivity index (χ1n) is 8.58. The summed E-state index contributed by atoms with van der Waals surface area (Å²) < 4.78 is 30.4. The van der Waals surface area contributed by atoms with Gasteiger partial charge in [0, 0.05) is 13.1 Å². The molecule has 1 atom stereocenters. The number of amides is 1. The molecule has 1 amide bonds. The number of piperidine rings is 1. The van der Waals surface area contributed by atoms with Gasteiger partial charge in [-0.25, -0.2) is 8.42 Å². The van der Waals surface area contributed by atoms with Crippen LogP contribution < -0.4 is 5.32 Å². The second-order valence-corrected chi connectivity index (χ2v) is 8.52. The minimum atomic E-state index is -3.24. The number of nitrogens with zero attached hydrogens (tertiary/aromatic N) is 2. The number of furan rings is 1. The van der Waals surface area contributed by atoms with Crippen molar-refractivity contribution < 1.29 is 17.6 Å². The molecular weight excluding hydrogens is 330 g/mol. The molecule has 1 aromatic rings. The highest BCUT2D eigenvalue weighted by Crippen LogP contribution is 2.24. The zero-order valence-corrected chi connectivity index (χ0v) is 14.6. The lowest BCUT2D eigenvalue weighted by molar-refractivity contribution is -0.121. The SMILES string of the molecule is O=C(CN1CCCS1(=O)=O)NCC(c1ccco1)N1CCCCC1. The molecular formula is C16H25N3O4S. The van der Waals surface area contributed by atoms with Crippen molar-refractivity contribution in [2.75, 3.05) is 38.5 Å². The van der Waals surface area contributed by atoms with Gasteiger partial charge in [0.05, 0.1) is 24.6 Å². The van der Waals surface area contributed by atoms with E-state index in [2.05, 4.69) is 10.2 Å². The van der Waals surface area contributed by atoms with Crippen LogP contribution in [-0.4, -0.2) is 62.0 Å². The highest BCUT2D eigenvalue weighted by molar-refractivity contribution is 7.89. The van der Waals surface area contributed by atoms with Gasteiger partial charge in [0.1, 0.15) is 5.76 Å². The van der Waals surface area contributed by atoms with Crippen molar-refractivity contribution in [2.24, 2.45) is 0 Å². The number of hydrogen-bond donors (Lipinski definition) is 1. The molecule has 1 unspecified atom stereocenters. The molecule has 8 heteroatoms. The molecule has 134 valence electrons. The average Bonchev–Trinajstić information content (AvgIpc) is 3.19. The summed E-state index contributed by atoms with van der Waals surface area (Å²) in [7, 11) is -3.24. The fourth-order valence-electron chi connectivity index (χ4n) is 3.42. The summed E-state index contributed by atoms with van der Waals surface area (Å²) in [5.41, 5.74) is 0. The largest absolute Gasteiger partial charge is 0.468 e. The van der Waals surface area contributed by atoms with Gasteiger partial charge in [0.15, 0.2) is 0 Å². The number of carbonyl (C=O) groups excluding carboxylic acids is 1. The van der Waals surface area contributed by atoms with Crippen LogP contribution in [0.3, 0.4) is 0 Å². The van der Waals surface area contributed by atoms with E-state index in [1.165, 1.54) is 10.7 Å². The molecule has 0 bridgehead atoms. The monoisotopic (exact) mass is 355 g/mol. The van der Waals surface area contributed by atoms with Crippen LogP contribution in [0.2, 0.25) is 0 Å². The smallest absolute Gasteiger partial charge is 0.235 e. The van der Waals surface area contributed by atoms with Crippen molar-refractivity contribution in [1.29, 1.82) is 0 Å². The Kier molecular flexibility index (Phi) is 5.57. The highest BCUT2D eigenvalue weighted by Gasteiger charge is 2.30. The first-order valence-corrected chi connectivity index (χ1v) is 10.2. The molecule has 1 N–H and O–H groups in total. The van der Waals surface area contributed by atoms with Crippen molar-refractivity contribution in [1.82, 2.24) is 14.5 Å². The molecule has 24 heavy (non-hydrogen) atoms. The Morgan fingerprint density at radius 3 is 2.62 bits per heavy atom. The number of carbonyl (C=O) groups is 1. The second kappa shape index (κ2) is 7.67. The predicted molar refractivity (Wildman–Crippen MR) is 89.9 cm³/mol. The van der Waals surface area contributed by atoms with Crippen LogP contribution in [0.4, 0.5) is 0 Å². The van der Waals surface area contributed by atoms with Gasteiger partial charge in [0.25, 0.3) is 0 Å². The van der Waals surface area contributed by atoms with Crippen LogP contribution in [0.1, 0.15) is 37.5 Å². The van der Waals surface area contributed by atoms with Gasteiger partial charge in [-0.15, -0.1) is 0 Å². The summed E-state index contributed by atoms with van der Waals surface area (Å²) >= 11 is 0. The van der Waals surface area contributed by atoms with E-state index >= 15 is 0 Å². The maximum Gasteiger partial charge on any atom is 0.235 e. The molecule has 2 fully saturated rings. The lowest BCUT2D eigenvalue weighted by Crippen LogP contribution is -2.43. The third-order valence-electron chi connectivity index (χ3n) is 4.72. The Hall–Kier alpha value is -1.38. The molecule has 7 nitrogen and oxygen atoms in total. The van der Waals surface area contributed by atoms with E-state index in [-0.39, 0.29) is 24.2 Å². The Morgan fingerprint density at radius 2 is 2.00 bits per heavy atom. The van der Waals surface area contributed by atoms with E-state index in [0.29, 0.717) is 19.5 Å². The standard InChI is InChI=1S/C16H25N3O4S/c20-16(13-19-9-5-11-24(19,21)22)17-12-14(15-6-4-10-23-15)18-7-2-1-3-8-18/h4,6,10,14H,1-3,5,7-9,11-13H2,(H,17,20). The number of likely N-dealkylation sites (tertiary alicyclic amines) is 1. The van der Waals surface area contributed by atoms with Crippen molar-refractivity contribution in [3.8, 4) is 0 Å². The molecule has 3 heterocycles. The van der Waals surface area contributed by atoms with Crippen molar-refractivity contribution >= 4 is 15.9 Å². The molecule has 0 radical (unpaired) electrons. The molecule has 0 aliphatic carbocycles. The summed E-state index contributed by atoms with van der Waals surface area (Å²) in [6, 6.07) is 3.78. The number of rotatable bonds is 6. The van der Waals surface area contributed by atoms with Gasteiger partial charge in [-0.05, 0) is 44.5 Å². The van der Waals surface area contributed by atoms with Gasteiger partial charge < -0.3 is 9.73 Å². The molecule has 0 spiro atoms. The fourth-order valence-corrected chi connectivity index (χ4v) is 4.89. The van der Waals surface area contributed by atoms with Crippen LogP contribution in [-0.2, 0) is 14.8 Å². The van der Waals surface area contributed by atoms with Gasteiger partial charge in [-0.2, -0.15) is 4.31 Å². The summed E-state index contributed by atoms with van der Waals surface area (Å²) in [5.74, 6) is 0.725. The van der Waals surface area contributed by atoms with Crippen molar-refractivity contribution in [3.63, 3.8) is 0 Å². The van der Waals surface area contributed by atoms with E-state index in [0.717, 1.165) is 31.7 Å². The van der Waals surface area contributed by atoms with Crippen molar-refractivity contribution in [2.45, 2.75) is 31.7 Å². The number of hydrogen-bond acceptors (Lipinski definition) is 5. The van der Waals surface area contributed by atoms with Crippen LogP contribution in [0, 0.1) is 0 Å². The zero-order chi connectivity index (χ0) is 17.0. The molecule has 0 aromatic carbocycles. The maximum atomic E-state index is 12.2. The summed E-state index contributed by atoms with van der Waals surface area (Å²) in [5, 5.41) is 2.89. The number of sulfonamides is 1. The third-order valence-corrected chi connectivity index (χ3v) is 6.62. The summed E-state index contributed by atoms with van der Waals surface area (Å²) in [6.45, 7) is 2.75. The van der Waals surface area contributed by atoms with E-state index in [1.54, 1.807) is 6.26 Å². The molecule has 3 rings (SSSR count). The average molecular weight is 355 g/mol. The predicted octanol–water partition coefficient (Wildman–Crippen LogP) is 0.958. The number of nitrogens with one attached hydrogen (secondary N) is 1. The third kappa shape index (κ3) is 4.17. The van der Waals surface area contributed by atoms with E-state index in [9.17, 15) is 13.2 Å².